The molecule has 2 N–H and O–H groups in total. The number of carbonyl (C=O) groups excluding carboxylic acids is 1. The van der Waals surface area contributed by atoms with E-state index in [1.54, 1.807) is 6.07 Å². The number of aromatic amines is 1. The van der Waals surface area contributed by atoms with Gasteiger partial charge < -0.3 is 9.64 Å². The van der Waals surface area contributed by atoms with Crippen LogP contribution in [0.15, 0.2) is 6.07 Å². The Morgan fingerprint density at radius 1 is 1.50 bits per heavy atom. The average molecular weight is 276 g/mol. The molecule has 1 aliphatic rings. The first-order valence-electron chi connectivity index (χ1n) is 6.68. The summed E-state index contributed by atoms with van der Waals surface area (Å²) in [6.07, 6.45) is 0. The lowest BCUT2D eigenvalue weighted by Crippen LogP contribution is -3.12. The van der Waals surface area contributed by atoms with Crippen LogP contribution in [0.2, 0.25) is 0 Å². The molecule has 1 aromatic rings. The van der Waals surface area contributed by atoms with E-state index in [9.17, 15) is 10.1 Å². The quantitative estimate of drug-likeness (QED) is 0.689. The molecule has 0 spiro atoms. The van der Waals surface area contributed by atoms with E-state index in [1.165, 1.54) is 12.0 Å². The lowest BCUT2D eigenvalue weighted by Gasteiger charge is -2.26. The van der Waals surface area contributed by atoms with Crippen LogP contribution in [0.5, 0.6) is 0 Å². The van der Waals surface area contributed by atoms with Gasteiger partial charge in [-0.2, -0.15) is 5.26 Å². The second-order valence-corrected chi connectivity index (χ2v) is 5.12. The third-order valence-electron chi connectivity index (χ3n) is 3.71. The standard InChI is InChI=1S/C14H18N4O2/c1-10-12(14(19)20-3)8-11(9-15)13(16-10)18-6-4-17(2)5-7-18/h8H,4-7H2,1-3H3/p+2. The number of carbonyl (C=O) groups is 1. The molecule has 0 unspecified atom stereocenters. The van der Waals surface area contributed by atoms with Gasteiger partial charge in [0.1, 0.15) is 49.1 Å². The number of rotatable bonds is 2. The van der Waals surface area contributed by atoms with Gasteiger partial charge in [-0.1, -0.05) is 0 Å². The molecule has 106 valence electrons. The largest absolute Gasteiger partial charge is 0.465 e. The number of pyridine rings is 1. The van der Waals surface area contributed by atoms with Crippen LogP contribution in [-0.4, -0.2) is 46.3 Å². The summed E-state index contributed by atoms with van der Waals surface area (Å²) in [6.45, 7) is 5.69. The zero-order chi connectivity index (χ0) is 14.7. The van der Waals surface area contributed by atoms with Crippen LogP contribution in [0, 0.1) is 18.3 Å². The first-order valence-corrected chi connectivity index (χ1v) is 6.68. The number of nitrogens with zero attached hydrogens (tertiary/aromatic N) is 2. The van der Waals surface area contributed by atoms with Crippen LogP contribution in [0.4, 0.5) is 5.82 Å². The number of piperazine rings is 1. The molecule has 1 aromatic heterocycles. The minimum absolute atomic E-state index is 0.410. The summed E-state index contributed by atoms with van der Waals surface area (Å²) in [4.78, 5) is 18.5. The van der Waals surface area contributed by atoms with Gasteiger partial charge in [0.15, 0.2) is 0 Å². The van der Waals surface area contributed by atoms with Gasteiger partial charge in [0.2, 0.25) is 0 Å². The Morgan fingerprint density at radius 3 is 2.70 bits per heavy atom. The highest BCUT2D eigenvalue weighted by molar-refractivity contribution is 5.90. The van der Waals surface area contributed by atoms with Crippen molar-refractivity contribution in [3.8, 4) is 6.07 Å². The maximum absolute atomic E-state index is 11.7. The maximum Gasteiger partial charge on any atom is 0.341 e. The number of aromatic nitrogens is 1. The Hall–Kier alpha value is -2.13. The van der Waals surface area contributed by atoms with Crippen molar-refractivity contribution < 1.29 is 19.4 Å². The highest BCUT2D eigenvalue weighted by atomic mass is 16.5. The molecule has 0 radical (unpaired) electrons. The molecular formula is C14H20N4O2+2. The molecule has 6 heteroatoms. The van der Waals surface area contributed by atoms with Crippen LogP contribution >= 0.6 is 0 Å². The fourth-order valence-corrected chi connectivity index (χ4v) is 2.40. The number of hydrogen-bond acceptors (Lipinski definition) is 4. The van der Waals surface area contributed by atoms with Crippen molar-refractivity contribution >= 4 is 11.8 Å². The molecule has 2 rings (SSSR count). The van der Waals surface area contributed by atoms with Crippen LogP contribution in [-0.2, 0) is 4.74 Å². The Balaban J connectivity index is 2.37. The number of nitriles is 1. The Labute approximate surface area is 118 Å². The zero-order valence-corrected chi connectivity index (χ0v) is 12.1. The van der Waals surface area contributed by atoms with Gasteiger partial charge in [0.25, 0.3) is 5.82 Å². The molecule has 0 saturated carbocycles. The van der Waals surface area contributed by atoms with Gasteiger partial charge in [-0.3, -0.25) is 0 Å². The summed E-state index contributed by atoms with van der Waals surface area (Å²) in [5.74, 6) is 0.370. The minimum atomic E-state index is -0.426. The summed E-state index contributed by atoms with van der Waals surface area (Å²) < 4.78 is 4.73. The van der Waals surface area contributed by atoms with Crippen molar-refractivity contribution in [2.45, 2.75) is 6.92 Å². The summed E-state index contributed by atoms with van der Waals surface area (Å²) in [5.41, 5.74) is 1.61. The third-order valence-corrected chi connectivity index (χ3v) is 3.71. The second kappa shape index (κ2) is 5.88. The SMILES string of the molecule is COC(=O)c1cc(C#N)c(N2CC[NH+](C)CC2)[nH+]c1C. The van der Waals surface area contributed by atoms with E-state index in [1.807, 2.05) is 6.92 Å². The van der Waals surface area contributed by atoms with Gasteiger partial charge in [0, 0.05) is 0 Å². The van der Waals surface area contributed by atoms with Gasteiger partial charge in [-0.25, -0.2) is 14.7 Å². The van der Waals surface area contributed by atoms with Crippen molar-refractivity contribution in [2.24, 2.45) is 0 Å². The molecule has 20 heavy (non-hydrogen) atoms. The van der Waals surface area contributed by atoms with Gasteiger partial charge >= 0.3 is 5.97 Å². The third kappa shape index (κ3) is 2.73. The molecule has 6 nitrogen and oxygen atoms in total. The summed E-state index contributed by atoms with van der Waals surface area (Å²) >= 11 is 0. The monoisotopic (exact) mass is 276 g/mol. The van der Waals surface area contributed by atoms with E-state index in [2.05, 4.69) is 23.0 Å². The number of anilines is 1. The van der Waals surface area contributed by atoms with Gasteiger partial charge in [0.05, 0.1) is 14.2 Å². The average Bonchev–Trinajstić information content (AvgIpc) is 2.47. The second-order valence-electron chi connectivity index (χ2n) is 5.12. The van der Waals surface area contributed by atoms with Crippen molar-refractivity contribution in [2.75, 3.05) is 45.2 Å². The zero-order valence-electron chi connectivity index (χ0n) is 12.1. The predicted octanol–water partition coefficient (Wildman–Crippen LogP) is -1.20. The summed E-state index contributed by atoms with van der Waals surface area (Å²) in [6, 6.07) is 3.77. The molecule has 0 bridgehead atoms. The number of likely N-dealkylation sites (N-methyl/N-ethyl adjacent to an activating group) is 1. The predicted molar refractivity (Wildman–Crippen MR) is 72.6 cm³/mol. The summed E-state index contributed by atoms with van der Waals surface area (Å²) in [5, 5.41) is 9.32. The van der Waals surface area contributed by atoms with Crippen molar-refractivity contribution in [1.82, 2.24) is 0 Å². The van der Waals surface area contributed by atoms with Crippen LogP contribution in [0.3, 0.4) is 0 Å². The lowest BCUT2D eigenvalue weighted by atomic mass is 10.1. The van der Waals surface area contributed by atoms with E-state index < -0.39 is 5.97 Å². The number of H-pyrrole nitrogens is 1. The number of ether oxygens (including phenoxy) is 1. The van der Waals surface area contributed by atoms with Gasteiger partial charge in [-0.05, 0) is 13.0 Å². The fraction of sp³-hybridized carbons (Fsp3) is 0.500. The molecule has 1 fully saturated rings. The topological polar surface area (TPSA) is 71.9 Å². The normalized spacial score (nSPS) is 15.8. The summed E-state index contributed by atoms with van der Waals surface area (Å²) in [7, 11) is 3.50. The van der Waals surface area contributed by atoms with E-state index in [-0.39, 0.29) is 0 Å². The lowest BCUT2D eigenvalue weighted by molar-refractivity contribution is -0.880. The van der Waals surface area contributed by atoms with E-state index >= 15 is 0 Å². The number of esters is 1. The molecule has 0 amide bonds. The maximum atomic E-state index is 11.7. The first-order chi connectivity index (χ1) is 9.56. The van der Waals surface area contributed by atoms with Crippen LogP contribution < -0.4 is 14.8 Å². The molecule has 0 aliphatic carbocycles. The molecular weight excluding hydrogens is 256 g/mol. The number of quaternary nitrogens is 1. The number of nitrogens with one attached hydrogen (secondary N) is 2. The number of methoxy groups -OCH3 is 1. The fourth-order valence-electron chi connectivity index (χ4n) is 2.40. The van der Waals surface area contributed by atoms with Crippen molar-refractivity contribution in [3.63, 3.8) is 0 Å². The Morgan fingerprint density at radius 2 is 2.15 bits per heavy atom. The van der Waals surface area contributed by atoms with Crippen molar-refractivity contribution in [1.29, 1.82) is 5.26 Å². The van der Waals surface area contributed by atoms with Crippen molar-refractivity contribution in [3.05, 3.63) is 22.9 Å². The van der Waals surface area contributed by atoms with Crippen LogP contribution in [0.25, 0.3) is 0 Å². The molecule has 0 aromatic carbocycles. The smallest absolute Gasteiger partial charge is 0.341 e. The number of aryl methyl sites for hydroxylation is 1. The molecule has 1 saturated heterocycles. The minimum Gasteiger partial charge on any atom is -0.465 e. The highest BCUT2D eigenvalue weighted by Gasteiger charge is 2.28. The highest BCUT2D eigenvalue weighted by Crippen LogP contribution is 2.17. The van der Waals surface area contributed by atoms with E-state index in [0.29, 0.717) is 11.1 Å². The molecule has 1 aliphatic heterocycles. The van der Waals surface area contributed by atoms with Crippen LogP contribution in [0.1, 0.15) is 21.6 Å². The Bertz CT molecular complexity index is 557. The number of hydrogen-bond donors (Lipinski definition) is 1. The first kappa shape index (κ1) is 14.3. The van der Waals surface area contributed by atoms with E-state index in [4.69, 9.17) is 4.74 Å². The van der Waals surface area contributed by atoms with E-state index in [0.717, 1.165) is 37.7 Å². The molecule has 0 atom stereocenters. The Kier molecular flexibility index (Phi) is 4.20. The van der Waals surface area contributed by atoms with Gasteiger partial charge in [-0.15, -0.1) is 0 Å². The molecule has 2 heterocycles.